The number of rotatable bonds is 0. The molecule has 0 fully saturated rings. The van der Waals surface area contributed by atoms with Gasteiger partial charge in [0.15, 0.2) is 0 Å². The highest BCUT2D eigenvalue weighted by molar-refractivity contribution is 5.46. The highest BCUT2D eigenvalue weighted by atomic mass is 16.5. The van der Waals surface area contributed by atoms with Crippen molar-refractivity contribution in [3.05, 3.63) is 88.0 Å². The summed E-state index contributed by atoms with van der Waals surface area (Å²) >= 11 is 0. The average Bonchev–Trinajstić information content (AvgIpc) is 3.22. The fraction of sp³-hybridized carbons (Fsp3) is 0.500. The van der Waals surface area contributed by atoms with Crippen LogP contribution in [0.5, 0.6) is 17.2 Å². The van der Waals surface area contributed by atoms with E-state index in [1.807, 2.05) is 0 Å². The lowest BCUT2D eigenvalue weighted by Crippen LogP contribution is -2.32. The SMILES string of the molecule is Cc1ccc2c(c1)C(C)(C)C(C)O2.Cc1ccc2c(c1)C(C)C(C)(C)O2.Cc1ccc2c(c1)CCC(C)(C)O2. The molecule has 0 saturated carbocycles. The average molecular weight is 529 g/mol. The normalized spacial score (nSPS) is 22.2. The predicted molar refractivity (Wildman–Crippen MR) is 163 cm³/mol. The molecule has 2 unspecified atom stereocenters. The molecule has 0 N–H and O–H groups in total. The van der Waals surface area contributed by atoms with Crippen LogP contribution in [0.15, 0.2) is 54.6 Å². The van der Waals surface area contributed by atoms with Gasteiger partial charge in [0.25, 0.3) is 0 Å². The molecule has 39 heavy (non-hydrogen) atoms. The molecule has 3 aromatic rings. The van der Waals surface area contributed by atoms with Crippen molar-refractivity contribution < 1.29 is 14.2 Å². The van der Waals surface area contributed by atoms with E-state index in [0.717, 1.165) is 30.1 Å². The molecular formula is C36H48O3. The van der Waals surface area contributed by atoms with Gasteiger partial charge in [-0.2, -0.15) is 0 Å². The van der Waals surface area contributed by atoms with Gasteiger partial charge in [-0.3, -0.25) is 0 Å². The van der Waals surface area contributed by atoms with Gasteiger partial charge in [-0.15, -0.1) is 0 Å². The maximum Gasteiger partial charge on any atom is 0.123 e. The third-order valence-electron chi connectivity index (χ3n) is 8.80. The van der Waals surface area contributed by atoms with Crippen LogP contribution in [0.25, 0.3) is 0 Å². The Labute approximate surface area is 236 Å². The lowest BCUT2D eigenvalue weighted by atomic mass is 9.81. The van der Waals surface area contributed by atoms with E-state index in [4.69, 9.17) is 14.2 Å². The zero-order chi connectivity index (χ0) is 28.8. The van der Waals surface area contributed by atoms with Crippen LogP contribution in [0.2, 0.25) is 0 Å². The molecule has 3 nitrogen and oxygen atoms in total. The van der Waals surface area contributed by atoms with Crippen molar-refractivity contribution in [2.75, 3.05) is 0 Å². The number of hydrogen-bond acceptors (Lipinski definition) is 3. The molecule has 0 spiro atoms. The van der Waals surface area contributed by atoms with Crippen molar-refractivity contribution in [2.24, 2.45) is 0 Å². The third kappa shape index (κ3) is 6.29. The molecule has 2 atom stereocenters. The van der Waals surface area contributed by atoms with E-state index in [2.05, 4.69) is 131 Å². The van der Waals surface area contributed by atoms with Gasteiger partial charge >= 0.3 is 0 Å². The maximum atomic E-state index is 5.87. The highest BCUT2D eigenvalue weighted by Gasteiger charge is 2.39. The van der Waals surface area contributed by atoms with Gasteiger partial charge in [0.2, 0.25) is 0 Å². The predicted octanol–water partition coefficient (Wildman–Crippen LogP) is 9.42. The van der Waals surface area contributed by atoms with Crippen LogP contribution < -0.4 is 14.2 Å². The van der Waals surface area contributed by atoms with Crippen molar-refractivity contribution in [3.8, 4) is 17.2 Å². The number of benzene rings is 3. The molecule has 0 aliphatic carbocycles. The lowest BCUT2D eigenvalue weighted by Gasteiger charge is -2.32. The van der Waals surface area contributed by atoms with Crippen LogP contribution >= 0.6 is 0 Å². The highest BCUT2D eigenvalue weighted by Crippen LogP contribution is 2.44. The Morgan fingerprint density at radius 2 is 1.23 bits per heavy atom. The third-order valence-corrected chi connectivity index (χ3v) is 8.80. The van der Waals surface area contributed by atoms with E-state index in [1.165, 1.54) is 33.4 Å². The van der Waals surface area contributed by atoms with Crippen LogP contribution in [0.3, 0.4) is 0 Å². The van der Waals surface area contributed by atoms with Crippen molar-refractivity contribution in [3.63, 3.8) is 0 Å². The fourth-order valence-corrected chi connectivity index (χ4v) is 5.44. The van der Waals surface area contributed by atoms with Crippen molar-refractivity contribution in [1.82, 2.24) is 0 Å². The molecule has 210 valence electrons. The van der Waals surface area contributed by atoms with E-state index in [-0.39, 0.29) is 22.7 Å². The molecule has 0 amide bonds. The minimum Gasteiger partial charge on any atom is -0.490 e. The quantitative estimate of drug-likeness (QED) is 0.291. The van der Waals surface area contributed by atoms with Gasteiger partial charge in [-0.1, -0.05) is 73.9 Å². The summed E-state index contributed by atoms with van der Waals surface area (Å²) in [5.41, 5.74) is 8.13. The van der Waals surface area contributed by atoms with Gasteiger partial charge in [-0.25, -0.2) is 0 Å². The summed E-state index contributed by atoms with van der Waals surface area (Å²) < 4.78 is 17.5. The molecule has 3 aliphatic rings. The first-order chi connectivity index (χ1) is 18.1. The second-order valence-corrected chi connectivity index (χ2v) is 13.4. The molecule has 0 radical (unpaired) electrons. The lowest BCUT2D eigenvalue weighted by molar-refractivity contribution is 0.0846. The van der Waals surface area contributed by atoms with Crippen LogP contribution in [0.4, 0.5) is 0 Å². The summed E-state index contributed by atoms with van der Waals surface area (Å²) in [7, 11) is 0. The zero-order valence-corrected chi connectivity index (χ0v) is 26.0. The van der Waals surface area contributed by atoms with Gasteiger partial charge in [0, 0.05) is 22.5 Å². The summed E-state index contributed by atoms with van der Waals surface area (Å²) in [6, 6.07) is 19.3. The Balaban J connectivity index is 0.000000136. The zero-order valence-electron chi connectivity index (χ0n) is 26.0. The van der Waals surface area contributed by atoms with E-state index in [0.29, 0.717) is 5.92 Å². The standard InChI is InChI=1S/3C12H16O/c1-8-5-6-11-10(7-8)12(3,4)9(2)13-11;1-8-5-6-11-10(7-8)9(2)12(3,4)13-11;1-9-4-5-11-10(8-9)6-7-12(2,3)13-11/h2*5-7,9H,1-4H3;4-5,8H,6-7H2,1-3H3. The first-order valence-corrected chi connectivity index (χ1v) is 14.4. The van der Waals surface area contributed by atoms with Crippen molar-refractivity contribution >= 4 is 0 Å². The maximum absolute atomic E-state index is 5.87. The molecule has 0 saturated heterocycles. The Morgan fingerprint density at radius 3 is 1.90 bits per heavy atom. The molecule has 6 rings (SSSR count). The van der Waals surface area contributed by atoms with E-state index in [9.17, 15) is 0 Å². The Kier molecular flexibility index (Phi) is 7.87. The summed E-state index contributed by atoms with van der Waals surface area (Å²) in [6.07, 6.45) is 2.54. The molecule has 3 aromatic carbocycles. The molecule has 0 bridgehead atoms. The summed E-state index contributed by atoms with van der Waals surface area (Å²) in [5, 5.41) is 0. The number of aryl methyl sites for hydroxylation is 4. The fourth-order valence-electron chi connectivity index (χ4n) is 5.44. The van der Waals surface area contributed by atoms with Gasteiger partial charge in [-0.05, 0) is 92.0 Å². The minimum atomic E-state index is -0.0455. The first kappa shape index (κ1) is 29.1. The van der Waals surface area contributed by atoms with Crippen LogP contribution in [-0.4, -0.2) is 17.3 Å². The Bertz CT molecular complexity index is 1330. The molecule has 3 heterocycles. The number of hydrogen-bond donors (Lipinski definition) is 0. The molecular weight excluding hydrogens is 480 g/mol. The Morgan fingerprint density at radius 1 is 0.667 bits per heavy atom. The number of ether oxygens (including phenoxy) is 3. The molecule has 0 aromatic heterocycles. The van der Waals surface area contributed by atoms with Crippen molar-refractivity contribution in [1.29, 1.82) is 0 Å². The van der Waals surface area contributed by atoms with Crippen molar-refractivity contribution in [2.45, 2.75) is 118 Å². The van der Waals surface area contributed by atoms with Gasteiger partial charge in [0.05, 0.1) is 0 Å². The first-order valence-electron chi connectivity index (χ1n) is 14.4. The minimum absolute atomic E-state index is 0.0161. The summed E-state index contributed by atoms with van der Waals surface area (Å²) in [4.78, 5) is 0. The Hall–Kier alpha value is -2.94. The second kappa shape index (κ2) is 10.6. The molecule has 3 heteroatoms. The summed E-state index contributed by atoms with van der Waals surface area (Å²) in [5.74, 6) is 3.68. The van der Waals surface area contributed by atoms with E-state index < -0.39 is 0 Å². The van der Waals surface area contributed by atoms with Crippen LogP contribution in [0, 0.1) is 20.8 Å². The van der Waals surface area contributed by atoms with Gasteiger partial charge in [0.1, 0.15) is 34.6 Å². The van der Waals surface area contributed by atoms with E-state index in [1.54, 1.807) is 0 Å². The molecule has 3 aliphatic heterocycles. The monoisotopic (exact) mass is 528 g/mol. The smallest absolute Gasteiger partial charge is 0.123 e. The summed E-state index contributed by atoms with van der Waals surface area (Å²) in [6.45, 7) is 23.8. The van der Waals surface area contributed by atoms with Crippen LogP contribution in [-0.2, 0) is 11.8 Å². The largest absolute Gasteiger partial charge is 0.490 e. The topological polar surface area (TPSA) is 27.7 Å². The van der Waals surface area contributed by atoms with Gasteiger partial charge < -0.3 is 14.2 Å². The number of fused-ring (bicyclic) bond motifs is 3. The van der Waals surface area contributed by atoms with E-state index >= 15 is 0 Å². The second-order valence-electron chi connectivity index (χ2n) is 13.4. The van der Waals surface area contributed by atoms with Crippen LogP contribution in [0.1, 0.15) is 101 Å².